The molecule has 2 rings (SSSR count). The molecule has 1 aromatic rings. The van der Waals surface area contributed by atoms with Gasteiger partial charge >= 0.3 is 0 Å². The zero-order valence-corrected chi connectivity index (χ0v) is 10.8. The molecule has 1 saturated carbocycles. The molecule has 6 heteroatoms. The molecular formula is C11H12Cl2N2O2. The topological polar surface area (TPSA) is 55.2 Å². The fourth-order valence-electron chi connectivity index (χ4n) is 1.88. The third-order valence-electron chi connectivity index (χ3n) is 3.02. The lowest BCUT2D eigenvalue weighted by Gasteiger charge is -2.07. The third kappa shape index (κ3) is 2.64. The number of benzene rings is 1. The Balaban J connectivity index is 2.25. The van der Waals surface area contributed by atoms with Crippen LogP contribution in [0.5, 0.6) is 0 Å². The maximum Gasteiger partial charge on any atom is 0.293 e. The molecule has 0 saturated heterocycles. The molecule has 1 N–H and O–H groups in total. The minimum Gasteiger partial charge on any atom is -0.376 e. The van der Waals surface area contributed by atoms with Gasteiger partial charge in [-0.05, 0) is 18.4 Å². The molecule has 4 nitrogen and oxygen atoms in total. The van der Waals surface area contributed by atoms with Crippen molar-refractivity contribution in [2.24, 2.45) is 5.92 Å². The maximum absolute atomic E-state index is 10.9. The highest BCUT2D eigenvalue weighted by Gasteiger charge is 2.36. The van der Waals surface area contributed by atoms with Gasteiger partial charge in [-0.3, -0.25) is 10.1 Å². The Morgan fingerprint density at radius 2 is 2.12 bits per heavy atom. The van der Waals surface area contributed by atoms with Gasteiger partial charge in [-0.2, -0.15) is 0 Å². The Kier molecular flexibility index (Phi) is 3.45. The lowest BCUT2D eigenvalue weighted by Crippen LogP contribution is -2.06. The van der Waals surface area contributed by atoms with E-state index in [1.807, 2.05) is 0 Å². The summed E-state index contributed by atoms with van der Waals surface area (Å²) in [5.41, 5.74) is 0.423. The van der Waals surface area contributed by atoms with Gasteiger partial charge in [-0.15, -0.1) is 0 Å². The van der Waals surface area contributed by atoms with Crippen LogP contribution in [-0.4, -0.2) is 11.0 Å². The smallest absolute Gasteiger partial charge is 0.293 e. The van der Waals surface area contributed by atoms with Crippen molar-refractivity contribution in [1.29, 1.82) is 0 Å². The van der Waals surface area contributed by atoms with Crippen molar-refractivity contribution in [3.8, 4) is 0 Å². The van der Waals surface area contributed by atoms with E-state index in [0.717, 1.165) is 12.8 Å². The number of anilines is 1. The summed E-state index contributed by atoms with van der Waals surface area (Å²) < 4.78 is 0. The summed E-state index contributed by atoms with van der Waals surface area (Å²) in [6, 6.07) is 3.12. The lowest BCUT2D eigenvalue weighted by atomic mass is 10.2. The normalized spacial score (nSPS) is 22.3. The molecule has 1 aliphatic carbocycles. The van der Waals surface area contributed by atoms with Gasteiger partial charge in [0.25, 0.3) is 5.69 Å². The number of hydrogen-bond acceptors (Lipinski definition) is 3. The Hall–Kier alpha value is -1.00. The van der Waals surface area contributed by atoms with Crippen molar-refractivity contribution in [2.45, 2.75) is 25.8 Å². The standard InChI is InChI=1S/C11H12Cl2N2O2/c1-2-6-3-9(6)14-10-4-7(12)8(13)5-11(10)15(16)17/h4-6,9,14H,2-3H2,1H3. The van der Waals surface area contributed by atoms with Gasteiger partial charge in [0, 0.05) is 12.1 Å². The van der Waals surface area contributed by atoms with E-state index in [-0.39, 0.29) is 10.7 Å². The van der Waals surface area contributed by atoms with Crippen molar-refractivity contribution < 1.29 is 4.92 Å². The fourth-order valence-corrected chi connectivity index (χ4v) is 2.20. The molecule has 17 heavy (non-hydrogen) atoms. The second-order valence-electron chi connectivity index (χ2n) is 4.20. The molecule has 2 atom stereocenters. The van der Waals surface area contributed by atoms with Crippen molar-refractivity contribution in [1.82, 2.24) is 0 Å². The van der Waals surface area contributed by atoms with Crippen molar-refractivity contribution in [3.63, 3.8) is 0 Å². The molecule has 0 radical (unpaired) electrons. The first kappa shape index (κ1) is 12.5. The molecule has 0 aromatic heterocycles. The average Bonchev–Trinajstić information content (AvgIpc) is 3.01. The third-order valence-corrected chi connectivity index (χ3v) is 3.75. The van der Waals surface area contributed by atoms with Crippen LogP contribution >= 0.6 is 23.2 Å². The summed E-state index contributed by atoms with van der Waals surface area (Å²) >= 11 is 11.6. The summed E-state index contributed by atoms with van der Waals surface area (Å²) in [6.07, 6.45) is 2.13. The van der Waals surface area contributed by atoms with Gasteiger partial charge in [0.2, 0.25) is 0 Å². The van der Waals surface area contributed by atoms with Gasteiger partial charge in [0.1, 0.15) is 5.69 Å². The van der Waals surface area contributed by atoms with E-state index < -0.39 is 4.92 Å². The number of nitro benzene ring substituents is 1. The van der Waals surface area contributed by atoms with E-state index in [1.165, 1.54) is 12.1 Å². The van der Waals surface area contributed by atoms with Crippen LogP contribution in [0.4, 0.5) is 11.4 Å². The van der Waals surface area contributed by atoms with Crippen molar-refractivity contribution >= 4 is 34.6 Å². The average molecular weight is 275 g/mol. The maximum atomic E-state index is 10.9. The van der Waals surface area contributed by atoms with Crippen LogP contribution in [0.25, 0.3) is 0 Å². The second kappa shape index (κ2) is 4.70. The van der Waals surface area contributed by atoms with Gasteiger partial charge in [0.15, 0.2) is 0 Å². The van der Waals surface area contributed by atoms with Crippen LogP contribution in [0.3, 0.4) is 0 Å². The molecule has 1 fully saturated rings. The molecule has 92 valence electrons. The first-order chi connectivity index (χ1) is 8.02. The van der Waals surface area contributed by atoms with Crippen LogP contribution in [-0.2, 0) is 0 Å². The summed E-state index contributed by atoms with van der Waals surface area (Å²) in [4.78, 5) is 10.5. The molecule has 0 amide bonds. The minimum atomic E-state index is -0.451. The fraction of sp³-hybridized carbons (Fsp3) is 0.455. The zero-order valence-electron chi connectivity index (χ0n) is 9.24. The summed E-state index contributed by atoms with van der Waals surface area (Å²) in [6.45, 7) is 2.11. The number of halogens is 2. The van der Waals surface area contributed by atoms with Gasteiger partial charge in [-0.25, -0.2) is 0 Å². The lowest BCUT2D eigenvalue weighted by molar-refractivity contribution is -0.383. The summed E-state index contributed by atoms with van der Waals surface area (Å²) in [5.74, 6) is 0.601. The molecular weight excluding hydrogens is 263 g/mol. The Morgan fingerprint density at radius 1 is 1.47 bits per heavy atom. The van der Waals surface area contributed by atoms with Crippen LogP contribution in [0.2, 0.25) is 10.0 Å². The molecule has 0 heterocycles. The van der Waals surface area contributed by atoms with Crippen molar-refractivity contribution in [3.05, 3.63) is 32.3 Å². The van der Waals surface area contributed by atoms with Gasteiger partial charge < -0.3 is 5.32 Å². The zero-order chi connectivity index (χ0) is 12.6. The number of nitrogens with zero attached hydrogens (tertiary/aromatic N) is 1. The van der Waals surface area contributed by atoms with Crippen LogP contribution in [0.15, 0.2) is 12.1 Å². The van der Waals surface area contributed by atoms with Crippen LogP contribution in [0.1, 0.15) is 19.8 Å². The molecule has 1 aliphatic rings. The number of hydrogen-bond donors (Lipinski definition) is 1. The van der Waals surface area contributed by atoms with Crippen LogP contribution in [0, 0.1) is 16.0 Å². The van der Waals surface area contributed by atoms with E-state index in [1.54, 1.807) is 0 Å². The Bertz CT molecular complexity index is 465. The molecule has 1 aromatic carbocycles. The summed E-state index contributed by atoms with van der Waals surface area (Å²) in [7, 11) is 0. The number of nitro groups is 1. The van der Waals surface area contributed by atoms with Gasteiger partial charge in [-0.1, -0.05) is 36.5 Å². The molecule has 0 spiro atoms. The first-order valence-electron chi connectivity index (χ1n) is 5.43. The van der Waals surface area contributed by atoms with E-state index in [9.17, 15) is 10.1 Å². The number of rotatable bonds is 4. The van der Waals surface area contributed by atoms with Crippen LogP contribution < -0.4 is 5.32 Å². The monoisotopic (exact) mass is 274 g/mol. The highest BCUT2D eigenvalue weighted by molar-refractivity contribution is 6.42. The van der Waals surface area contributed by atoms with E-state index >= 15 is 0 Å². The molecule has 0 bridgehead atoms. The predicted molar refractivity (Wildman–Crippen MR) is 68.9 cm³/mol. The second-order valence-corrected chi connectivity index (χ2v) is 5.01. The molecule has 2 unspecified atom stereocenters. The largest absolute Gasteiger partial charge is 0.376 e. The van der Waals surface area contributed by atoms with E-state index in [0.29, 0.717) is 22.7 Å². The first-order valence-corrected chi connectivity index (χ1v) is 6.18. The Labute approximate surface area is 109 Å². The highest BCUT2D eigenvalue weighted by Crippen LogP contribution is 2.40. The van der Waals surface area contributed by atoms with Gasteiger partial charge in [0.05, 0.1) is 15.0 Å². The summed E-state index contributed by atoms with van der Waals surface area (Å²) in [5, 5.41) is 14.6. The Morgan fingerprint density at radius 3 is 2.65 bits per heavy atom. The SMILES string of the molecule is CCC1CC1Nc1cc(Cl)c(Cl)cc1[N+](=O)[O-]. The quantitative estimate of drug-likeness (QED) is 0.664. The van der Waals surface area contributed by atoms with E-state index in [4.69, 9.17) is 23.2 Å². The predicted octanol–water partition coefficient (Wildman–Crippen LogP) is 4.11. The highest BCUT2D eigenvalue weighted by atomic mass is 35.5. The number of nitrogens with one attached hydrogen (secondary N) is 1. The minimum absolute atomic E-state index is 0.0267. The molecule has 0 aliphatic heterocycles. The van der Waals surface area contributed by atoms with E-state index in [2.05, 4.69) is 12.2 Å². The van der Waals surface area contributed by atoms with Crippen molar-refractivity contribution in [2.75, 3.05) is 5.32 Å².